The predicted molar refractivity (Wildman–Crippen MR) is 49.8 cm³/mol. The van der Waals surface area contributed by atoms with Gasteiger partial charge in [-0.1, -0.05) is 12.7 Å². The Balaban J connectivity index is 3.26. The van der Waals surface area contributed by atoms with Crippen molar-refractivity contribution >= 4 is 6.08 Å². The van der Waals surface area contributed by atoms with E-state index in [1.54, 1.807) is 25.3 Å². The van der Waals surface area contributed by atoms with Gasteiger partial charge in [-0.25, -0.2) is 0 Å². The van der Waals surface area contributed by atoms with Crippen LogP contribution in [-0.2, 0) is 0 Å². The van der Waals surface area contributed by atoms with Crippen LogP contribution in [-0.4, -0.2) is 4.98 Å². The molecule has 0 aliphatic heterocycles. The molecule has 1 aromatic rings. The van der Waals surface area contributed by atoms with Crippen molar-refractivity contribution in [1.82, 2.24) is 4.98 Å². The van der Waals surface area contributed by atoms with Crippen LogP contribution in [0.2, 0.25) is 0 Å². The Hall–Kier alpha value is -1.35. The van der Waals surface area contributed by atoms with Crippen molar-refractivity contribution in [3.05, 3.63) is 40.3 Å². The molecule has 0 saturated carbocycles. The monoisotopic (exact) mass is 164 g/mol. The summed E-state index contributed by atoms with van der Waals surface area (Å²) in [7, 11) is 0. The molecule has 3 heteroatoms. The van der Waals surface area contributed by atoms with Crippen molar-refractivity contribution in [2.75, 3.05) is 0 Å². The zero-order valence-corrected chi connectivity index (χ0v) is 7.00. The van der Waals surface area contributed by atoms with Gasteiger partial charge in [0.15, 0.2) is 0 Å². The zero-order chi connectivity index (χ0) is 9.14. The average Bonchev–Trinajstić information content (AvgIpc) is 2.05. The maximum atomic E-state index is 11.2. The van der Waals surface area contributed by atoms with E-state index < -0.39 is 0 Å². The minimum atomic E-state index is -0.242. The zero-order valence-electron chi connectivity index (χ0n) is 7.00. The first-order valence-corrected chi connectivity index (χ1v) is 3.76. The number of rotatable bonds is 2. The van der Waals surface area contributed by atoms with Crippen LogP contribution in [0.5, 0.6) is 0 Å². The molecular formula is C9H12N2O. The largest absolute Gasteiger partial charge is 0.328 e. The number of hydrogen-bond acceptors (Lipinski definition) is 2. The first-order valence-electron chi connectivity index (χ1n) is 3.76. The van der Waals surface area contributed by atoms with Crippen molar-refractivity contribution in [2.24, 2.45) is 5.73 Å². The molecule has 1 heterocycles. The van der Waals surface area contributed by atoms with Crippen LogP contribution in [0.3, 0.4) is 0 Å². The van der Waals surface area contributed by atoms with Crippen LogP contribution in [0.15, 0.2) is 23.6 Å². The molecule has 3 nitrogen and oxygen atoms in total. The maximum Gasteiger partial charge on any atom is 0.252 e. The number of nitrogens with one attached hydrogen (secondary N) is 1. The van der Waals surface area contributed by atoms with Gasteiger partial charge in [-0.3, -0.25) is 4.79 Å². The number of aromatic amines is 1. The highest BCUT2D eigenvalue weighted by molar-refractivity contribution is 5.46. The van der Waals surface area contributed by atoms with Crippen LogP contribution in [0, 0.1) is 0 Å². The van der Waals surface area contributed by atoms with Gasteiger partial charge in [-0.15, -0.1) is 0 Å². The lowest BCUT2D eigenvalue weighted by Gasteiger charge is -2.03. The van der Waals surface area contributed by atoms with Crippen molar-refractivity contribution in [1.29, 1.82) is 0 Å². The SMILES string of the molecule is C=Cc1c[nH]c(=O)c([C@@H](C)N)c1. The van der Waals surface area contributed by atoms with E-state index in [1.165, 1.54) is 0 Å². The molecular weight excluding hydrogens is 152 g/mol. The Kier molecular flexibility index (Phi) is 2.45. The highest BCUT2D eigenvalue weighted by Crippen LogP contribution is 2.06. The molecule has 12 heavy (non-hydrogen) atoms. The first-order chi connectivity index (χ1) is 5.65. The maximum absolute atomic E-state index is 11.2. The Morgan fingerprint density at radius 2 is 2.42 bits per heavy atom. The predicted octanol–water partition coefficient (Wildman–Crippen LogP) is 1.04. The van der Waals surface area contributed by atoms with Crippen LogP contribution in [0.4, 0.5) is 0 Å². The number of H-pyrrole nitrogens is 1. The van der Waals surface area contributed by atoms with E-state index in [4.69, 9.17) is 5.73 Å². The van der Waals surface area contributed by atoms with Crippen molar-refractivity contribution in [2.45, 2.75) is 13.0 Å². The van der Waals surface area contributed by atoms with Gasteiger partial charge in [-0.2, -0.15) is 0 Å². The fraction of sp³-hybridized carbons (Fsp3) is 0.222. The summed E-state index contributed by atoms with van der Waals surface area (Å²) in [5, 5.41) is 0. The Morgan fingerprint density at radius 1 is 1.75 bits per heavy atom. The summed E-state index contributed by atoms with van der Waals surface area (Å²) in [6.07, 6.45) is 3.28. The van der Waals surface area contributed by atoms with E-state index in [0.29, 0.717) is 5.56 Å². The molecule has 0 aliphatic carbocycles. The summed E-state index contributed by atoms with van der Waals surface area (Å²) in [5.41, 5.74) is 6.92. The summed E-state index contributed by atoms with van der Waals surface area (Å²) >= 11 is 0. The van der Waals surface area contributed by atoms with Crippen LogP contribution in [0.1, 0.15) is 24.1 Å². The van der Waals surface area contributed by atoms with Crippen LogP contribution >= 0.6 is 0 Å². The fourth-order valence-corrected chi connectivity index (χ4v) is 0.975. The van der Waals surface area contributed by atoms with E-state index in [0.717, 1.165) is 5.56 Å². The quantitative estimate of drug-likeness (QED) is 0.686. The van der Waals surface area contributed by atoms with Gasteiger partial charge in [-0.05, 0) is 18.6 Å². The molecule has 0 aromatic carbocycles. The normalized spacial score (nSPS) is 12.5. The van der Waals surface area contributed by atoms with E-state index in [2.05, 4.69) is 11.6 Å². The third kappa shape index (κ3) is 1.62. The van der Waals surface area contributed by atoms with Gasteiger partial charge in [0.25, 0.3) is 5.56 Å². The van der Waals surface area contributed by atoms with E-state index >= 15 is 0 Å². The summed E-state index contributed by atoms with van der Waals surface area (Å²) in [5.74, 6) is 0. The van der Waals surface area contributed by atoms with Gasteiger partial charge in [0.2, 0.25) is 0 Å². The van der Waals surface area contributed by atoms with Crippen molar-refractivity contribution in [3.63, 3.8) is 0 Å². The molecule has 0 unspecified atom stereocenters. The number of aromatic nitrogens is 1. The lowest BCUT2D eigenvalue weighted by Crippen LogP contribution is -2.19. The molecule has 3 N–H and O–H groups in total. The van der Waals surface area contributed by atoms with Gasteiger partial charge < -0.3 is 10.7 Å². The standard InChI is InChI=1S/C9H12N2O/c1-3-7-4-8(6(2)10)9(12)11-5-7/h3-6H,1,10H2,2H3,(H,11,12)/t6-/m1/s1. The number of pyridine rings is 1. The summed E-state index contributed by atoms with van der Waals surface area (Å²) in [4.78, 5) is 13.8. The van der Waals surface area contributed by atoms with E-state index in [9.17, 15) is 4.79 Å². The van der Waals surface area contributed by atoms with Crippen molar-refractivity contribution in [3.8, 4) is 0 Å². The van der Waals surface area contributed by atoms with Gasteiger partial charge in [0, 0.05) is 17.8 Å². The van der Waals surface area contributed by atoms with Gasteiger partial charge in [0.1, 0.15) is 0 Å². The van der Waals surface area contributed by atoms with Crippen LogP contribution in [0.25, 0.3) is 6.08 Å². The fourth-order valence-electron chi connectivity index (χ4n) is 0.975. The highest BCUT2D eigenvalue weighted by Gasteiger charge is 2.04. The number of hydrogen-bond donors (Lipinski definition) is 2. The molecule has 0 fully saturated rings. The first kappa shape index (κ1) is 8.74. The second-order valence-electron chi connectivity index (χ2n) is 2.71. The van der Waals surface area contributed by atoms with E-state index in [1.807, 2.05) is 0 Å². The minimum absolute atomic E-state index is 0.129. The average molecular weight is 164 g/mol. The van der Waals surface area contributed by atoms with E-state index in [-0.39, 0.29) is 11.6 Å². The third-order valence-corrected chi connectivity index (χ3v) is 1.68. The topological polar surface area (TPSA) is 58.9 Å². The molecule has 0 saturated heterocycles. The van der Waals surface area contributed by atoms with Crippen molar-refractivity contribution < 1.29 is 0 Å². The Morgan fingerprint density at radius 3 is 2.92 bits per heavy atom. The Bertz CT molecular complexity index is 339. The molecule has 0 radical (unpaired) electrons. The smallest absolute Gasteiger partial charge is 0.252 e. The van der Waals surface area contributed by atoms with Gasteiger partial charge in [0.05, 0.1) is 0 Å². The van der Waals surface area contributed by atoms with Crippen LogP contribution < -0.4 is 11.3 Å². The molecule has 1 atom stereocenters. The third-order valence-electron chi connectivity index (χ3n) is 1.68. The molecule has 0 spiro atoms. The second kappa shape index (κ2) is 3.36. The summed E-state index contributed by atoms with van der Waals surface area (Å²) in [6, 6.07) is 1.50. The lowest BCUT2D eigenvalue weighted by molar-refractivity contribution is 0.799. The molecule has 1 aromatic heterocycles. The highest BCUT2D eigenvalue weighted by atomic mass is 16.1. The lowest BCUT2D eigenvalue weighted by atomic mass is 10.1. The molecule has 0 bridgehead atoms. The minimum Gasteiger partial charge on any atom is -0.328 e. The summed E-state index contributed by atoms with van der Waals surface area (Å²) in [6.45, 7) is 5.37. The summed E-state index contributed by atoms with van der Waals surface area (Å²) < 4.78 is 0. The Labute approximate surface area is 70.9 Å². The molecule has 0 aliphatic rings. The molecule has 1 rings (SSSR count). The molecule has 64 valence electrons. The van der Waals surface area contributed by atoms with Gasteiger partial charge >= 0.3 is 0 Å². The molecule has 0 amide bonds. The second-order valence-corrected chi connectivity index (χ2v) is 2.71. The number of nitrogens with two attached hydrogens (primary N) is 1.